The maximum absolute atomic E-state index is 8.82. The van der Waals surface area contributed by atoms with Crippen molar-refractivity contribution in [3.05, 3.63) is 145 Å². The molecule has 0 bridgehead atoms. The average Bonchev–Trinajstić information content (AvgIpc) is 3.80. The Kier molecular flexibility index (Phi) is 4.21. The van der Waals surface area contributed by atoms with Gasteiger partial charge in [-0.15, -0.1) is 11.3 Å². The van der Waals surface area contributed by atoms with Gasteiger partial charge < -0.3 is 4.57 Å². The zero-order chi connectivity index (χ0) is 33.8. The second-order valence-corrected chi connectivity index (χ2v) is 12.0. The molecule has 4 nitrogen and oxygen atoms in total. The van der Waals surface area contributed by atoms with Crippen LogP contribution in [0.15, 0.2) is 145 Å². The first-order valence-corrected chi connectivity index (χ1v) is 15.5. The largest absolute Gasteiger partial charge is 0.301 e. The fraction of sp³-hybridized carbons (Fsp3) is 0. The van der Waals surface area contributed by atoms with Crippen molar-refractivity contribution in [2.75, 3.05) is 0 Å². The van der Waals surface area contributed by atoms with Crippen LogP contribution in [0, 0.1) is 0 Å². The van der Waals surface area contributed by atoms with E-state index in [0.717, 1.165) is 47.9 Å². The molecule has 0 spiro atoms. The standard InChI is InChI=1S/C40H24N4S/c1-3-13-25(14-4-1)36-29-18-7-10-20-32(29)41-40(42-36)44-33-21-11-8-17-27(33)28-23-24-31-35-30-19-9-12-22-34(30)43(26-15-5-2-6-16-26)39(35)45-38(31)37(28)44/h1-24H/i1D,3D,4D,13D,14D. The zero-order valence-electron chi connectivity index (χ0n) is 28.7. The summed E-state index contributed by atoms with van der Waals surface area (Å²) >= 11 is 1.73. The predicted octanol–water partition coefficient (Wildman–Crippen LogP) is 10.7. The summed E-state index contributed by atoms with van der Waals surface area (Å²) in [6.45, 7) is 0. The minimum atomic E-state index is -0.441. The maximum Gasteiger partial charge on any atom is 0.235 e. The molecule has 45 heavy (non-hydrogen) atoms. The molecule has 10 rings (SSSR count). The Morgan fingerprint density at radius 2 is 1.22 bits per heavy atom. The molecular formula is C40H24N4S. The summed E-state index contributed by atoms with van der Waals surface area (Å²) in [5, 5.41) is 6.17. The minimum absolute atomic E-state index is 0.0481. The maximum atomic E-state index is 8.82. The van der Waals surface area contributed by atoms with Crippen molar-refractivity contribution < 1.29 is 6.85 Å². The van der Waals surface area contributed by atoms with E-state index in [1.54, 1.807) is 11.3 Å². The number of hydrogen-bond donors (Lipinski definition) is 0. The van der Waals surface area contributed by atoms with Crippen LogP contribution in [0.4, 0.5) is 0 Å². The van der Waals surface area contributed by atoms with Crippen molar-refractivity contribution in [2.24, 2.45) is 0 Å². The molecule has 4 heterocycles. The van der Waals surface area contributed by atoms with Gasteiger partial charge in [0, 0.05) is 43.6 Å². The number of benzene rings is 6. The van der Waals surface area contributed by atoms with Gasteiger partial charge in [-0.25, -0.2) is 9.97 Å². The Labute approximate surface area is 269 Å². The number of hydrogen-bond acceptors (Lipinski definition) is 3. The molecular weight excluding hydrogens is 569 g/mol. The van der Waals surface area contributed by atoms with E-state index in [0.29, 0.717) is 22.5 Å². The molecule has 0 radical (unpaired) electrons. The highest BCUT2D eigenvalue weighted by molar-refractivity contribution is 7.26. The van der Waals surface area contributed by atoms with Crippen LogP contribution < -0.4 is 0 Å². The quantitative estimate of drug-likeness (QED) is 0.203. The SMILES string of the molecule is [2H]c1c([2H])c([2H])c(-c2nc(-n3c4ccccc4c4ccc5c(sc6c5c5ccccc5n6-c5ccccc5)c43)nc3ccccc23)c([2H])c1[2H]. The fourth-order valence-corrected chi connectivity index (χ4v) is 8.15. The summed E-state index contributed by atoms with van der Waals surface area (Å²) in [5.41, 5.74) is 5.04. The summed E-state index contributed by atoms with van der Waals surface area (Å²) < 4.78 is 48.1. The highest BCUT2D eigenvalue weighted by atomic mass is 32.1. The van der Waals surface area contributed by atoms with Gasteiger partial charge in [-0.1, -0.05) is 115 Å². The van der Waals surface area contributed by atoms with E-state index >= 15 is 0 Å². The molecule has 4 aromatic heterocycles. The number of thiophene rings is 1. The van der Waals surface area contributed by atoms with Crippen molar-refractivity contribution in [1.29, 1.82) is 0 Å². The third-order valence-corrected chi connectivity index (χ3v) is 9.83. The number of rotatable bonds is 3. The molecule has 0 N–H and O–H groups in total. The third kappa shape index (κ3) is 3.47. The summed E-state index contributed by atoms with van der Waals surface area (Å²) in [5.74, 6) is 0.359. The highest BCUT2D eigenvalue weighted by Crippen LogP contribution is 2.47. The van der Waals surface area contributed by atoms with Crippen LogP contribution in [0.25, 0.3) is 86.8 Å². The van der Waals surface area contributed by atoms with Gasteiger partial charge in [0.1, 0.15) is 4.83 Å². The zero-order valence-corrected chi connectivity index (χ0v) is 24.5. The molecule has 0 aliphatic carbocycles. The lowest BCUT2D eigenvalue weighted by atomic mass is 10.1. The lowest BCUT2D eigenvalue weighted by Gasteiger charge is -2.12. The monoisotopic (exact) mass is 597 g/mol. The van der Waals surface area contributed by atoms with Crippen LogP contribution in [0.1, 0.15) is 6.85 Å². The molecule has 0 amide bonds. The Bertz CT molecular complexity index is 3020. The van der Waals surface area contributed by atoms with E-state index in [4.69, 9.17) is 16.8 Å². The molecule has 0 saturated heterocycles. The third-order valence-electron chi connectivity index (χ3n) is 8.63. The summed E-state index contributed by atoms with van der Waals surface area (Å²) in [4.78, 5) is 11.3. The lowest BCUT2D eigenvalue weighted by molar-refractivity contribution is 1.02. The number of para-hydroxylation sites is 4. The van der Waals surface area contributed by atoms with E-state index < -0.39 is 18.1 Å². The topological polar surface area (TPSA) is 35.6 Å². The molecule has 10 aromatic rings. The number of aromatic nitrogens is 4. The van der Waals surface area contributed by atoms with Crippen molar-refractivity contribution >= 4 is 75.3 Å². The normalized spacial score (nSPS) is 13.6. The second-order valence-electron chi connectivity index (χ2n) is 11.1. The molecule has 6 aromatic carbocycles. The molecule has 5 heteroatoms. The average molecular weight is 598 g/mol. The van der Waals surface area contributed by atoms with E-state index in [9.17, 15) is 0 Å². The molecule has 0 atom stereocenters. The molecule has 0 aliphatic rings. The Balaban J connectivity index is 1.37. The van der Waals surface area contributed by atoms with Gasteiger partial charge >= 0.3 is 0 Å². The van der Waals surface area contributed by atoms with E-state index in [1.165, 1.54) is 10.8 Å². The van der Waals surface area contributed by atoms with Crippen molar-refractivity contribution in [3.8, 4) is 22.9 Å². The van der Waals surface area contributed by atoms with Crippen LogP contribution in [-0.2, 0) is 0 Å². The van der Waals surface area contributed by atoms with Gasteiger partial charge in [-0.05, 0) is 30.3 Å². The minimum Gasteiger partial charge on any atom is -0.301 e. The van der Waals surface area contributed by atoms with Gasteiger partial charge in [-0.2, -0.15) is 0 Å². The van der Waals surface area contributed by atoms with E-state index in [-0.39, 0.29) is 17.6 Å². The summed E-state index contributed by atoms with van der Waals surface area (Å²) in [6.07, 6.45) is 0. The van der Waals surface area contributed by atoms with E-state index in [2.05, 4.69) is 81.9 Å². The van der Waals surface area contributed by atoms with Crippen LogP contribution in [0.5, 0.6) is 0 Å². The first-order chi connectivity index (χ1) is 24.4. The Morgan fingerprint density at radius 1 is 0.556 bits per heavy atom. The molecule has 210 valence electrons. The second kappa shape index (κ2) is 9.36. The summed E-state index contributed by atoms with van der Waals surface area (Å²) in [7, 11) is 0. The van der Waals surface area contributed by atoms with Crippen LogP contribution in [-0.4, -0.2) is 19.1 Å². The Hall–Kier alpha value is -5.78. The van der Waals surface area contributed by atoms with Gasteiger partial charge in [0.05, 0.1) is 39.3 Å². The molecule has 0 fully saturated rings. The fourth-order valence-electron chi connectivity index (χ4n) is 6.76. The van der Waals surface area contributed by atoms with Crippen LogP contribution in [0.3, 0.4) is 0 Å². The van der Waals surface area contributed by atoms with Crippen molar-refractivity contribution in [1.82, 2.24) is 19.1 Å². The summed E-state index contributed by atoms with van der Waals surface area (Å²) in [6, 6.07) is 37.1. The molecule has 0 unspecified atom stereocenters. The van der Waals surface area contributed by atoms with Crippen LogP contribution >= 0.6 is 11.3 Å². The van der Waals surface area contributed by atoms with Gasteiger partial charge in [-0.3, -0.25) is 4.57 Å². The highest BCUT2D eigenvalue weighted by Gasteiger charge is 2.23. The van der Waals surface area contributed by atoms with Crippen molar-refractivity contribution in [2.45, 2.75) is 0 Å². The smallest absolute Gasteiger partial charge is 0.235 e. The molecule has 0 aliphatic heterocycles. The first-order valence-electron chi connectivity index (χ1n) is 17.2. The molecule has 0 saturated carbocycles. The number of nitrogens with zero attached hydrogens (tertiary/aromatic N) is 4. The van der Waals surface area contributed by atoms with E-state index in [1.807, 2.05) is 42.5 Å². The van der Waals surface area contributed by atoms with Gasteiger partial charge in [0.2, 0.25) is 5.95 Å². The predicted molar refractivity (Wildman–Crippen MR) is 189 cm³/mol. The Morgan fingerprint density at radius 3 is 2.04 bits per heavy atom. The van der Waals surface area contributed by atoms with Crippen molar-refractivity contribution in [3.63, 3.8) is 0 Å². The number of fused-ring (bicyclic) bond motifs is 10. The van der Waals surface area contributed by atoms with Gasteiger partial charge in [0.15, 0.2) is 0 Å². The lowest BCUT2D eigenvalue weighted by Crippen LogP contribution is -2.03. The van der Waals surface area contributed by atoms with Gasteiger partial charge in [0.25, 0.3) is 0 Å². The first kappa shape index (κ1) is 20.2. The van der Waals surface area contributed by atoms with Crippen LogP contribution in [0.2, 0.25) is 0 Å².